The van der Waals surface area contributed by atoms with E-state index in [1.807, 2.05) is 41.6 Å². The van der Waals surface area contributed by atoms with Crippen LogP contribution in [0.5, 0.6) is 0 Å². The van der Waals surface area contributed by atoms with Gasteiger partial charge in [0.1, 0.15) is 5.82 Å². The lowest BCUT2D eigenvalue weighted by Crippen LogP contribution is -2.34. The maximum atomic E-state index is 12.6. The number of nitrogens with zero attached hydrogens (tertiary/aromatic N) is 3. The van der Waals surface area contributed by atoms with Gasteiger partial charge in [0.25, 0.3) is 0 Å². The van der Waals surface area contributed by atoms with Gasteiger partial charge < -0.3 is 9.47 Å². The van der Waals surface area contributed by atoms with Crippen molar-refractivity contribution >= 4 is 17.5 Å². The normalized spacial score (nSPS) is 17.0. The van der Waals surface area contributed by atoms with Gasteiger partial charge in [0, 0.05) is 29.9 Å². The molecule has 0 aliphatic heterocycles. The van der Waals surface area contributed by atoms with Crippen LogP contribution in [0.15, 0.2) is 36.7 Å². The summed E-state index contributed by atoms with van der Waals surface area (Å²) in [6.07, 6.45) is 8.38. The Labute approximate surface area is 147 Å². The van der Waals surface area contributed by atoms with Gasteiger partial charge in [0.05, 0.1) is 13.1 Å². The molecule has 2 aliphatic rings. The molecule has 0 spiro atoms. The predicted molar refractivity (Wildman–Crippen MR) is 93.6 cm³/mol. The molecule has 1 heterocycles. The number of halogens is 1. The Hall–Kier alpha value is -1.81. The molecule has 0 bridgehead atoms. The van der Waals surface area contributed by atoms with Crippen molar-refractivity contribution in [2.75, 3.05) is 6.54 Å². The number of benzene rings is 1. The molecule has 4 rings (SSSR count). The van der Waals surface area contributed by atoms with Crippen LogP contribution in [0, 0.1) is 11.8 Å². The zero-order chi connectivity index (χ0) is 16.5. The Morgan fingerprint density at radius 3 is 2.75 bits per heavy atom. The average molecular weight is 344 g/mol. The van der Waals surface area contributed by atoms with Gasteiger partial charge >= 0.3 is 0 Å². The van der Waals surface area contributed by atoms with E-state index >= 15 is 0 Å². The Morgan fingerprint density at radius 2 is 2.04 bits per heavy atom. The first-order valence-electron chi connectivity index (χ1n) is 8.73. The fourth-order valence-corrected chi connectivity index (χ4v) is 3.25. The molecule has 1 aromatic heterocycles. The van der Waals surface area contributed by atoms with Gasteiger partial charge in [0.2, 0.25) is 5.91 Å². The molecular weight excluding hydrogens is 322 g/mol. The third kappa shape index (κ3) is 3.64. The number of rotatable bonds is 7. The molecule has 126 valence electrons. The fourth-order valence-electron chi connectivity index (χ4n) is 3.05. The van der Waals surface area contributed by atoms with E-state index < -0.39 is 0 Å². The van der Waals surface area contributed by atoms with E-state index in [1.165, 1.54) is 12.8 Å². The predicted octanol–water partition coefficient (Wildman–Crippen LogP) is 3.73. The van der Waals surface area contributed by atoms with Crippen molar-refractivity contribution in [1.82, 2.24) is 14.5 Å². The Balaban J connectivity index is 1.50. The van der Waals surface area contributed by atoms with Crippen LogP contribution in [0.1, 0.15) is 37.1 Å². The first kappa shape index (κ1) is 15.7. The lowest BCUT2D eigenvalue weighted by molar-refractivity contribution is -0.133. The molecule has 2 aromatic rings. The van der Waals surface area contributed by atoms with E-state index in [0.29, 0.717) is 24.9 Å². The molecule has 1 aromatic carbocycles. The van der Waals surface area contributed by atoms with Crippen LogP contribution in [-0.2, 0) is 17.9 Å². The zero-order valence-corrected chi connectivity index (χ0v) is 14.5. The van der Waals surface area contributed by atoms with Crippen LogP contribution < -0.4 is 0 Å². The highest BCUT2D eigenvalue weighted by atomic mass is 35.5. The summed E-state index contributed by atoms with van der Waals surface area (Å²) in [4.78, 5) is 19.1. The Morgan fingerprint density at radius 1 is 1.25 bits per heavy atom. The quantitative estimate of drug-likeness (QED) is 0.768. The molecule has 4 nitrogen and oxygen atoms in total. The highest BCUT2D eigenvalue weighted by Gasteiger charge is 2.36. The van der Waals surface area contributed by atoms with Crippen molar-refractivity contribution in [3.8, 4) is 0 Å². The maximum absolute atomic E-state index is 12.6. The Kier molecular flexibility index (Phi) is 4.31. The van der Waals surface area contributed by atoms with Crippen molar-refractivity contribution in [3.63, 3.8) is 0 Å². The van der Waals surface area contributed by atoms with Crippen LogP contribution in [0.2, 0.25) is 5.02 Å². The minimum absolute atomic E-state index is 0.260. The largest absolute Gasteiger partial charge is 0.335 e. The van der Waals surface area contributed by atoms with Crippen LogP contribution >= 0.6 is 11.6 Å². The second-order valence-electron chi connectivity index (χ2n) is 7.00. The standard InChI is InChI=1S/C19H22ClN3O/c20-17-4-2-1-3-16(17)12-22-10-9-21-18(22)13-23(11-14-5-6-14)19(24)15-7-8-15/h1-4,9-10,14-15H,5-8,11-13H2. The summed E-state index contributed by atoms with van der Waals surface area (Å²) in [5.41, 5.74) is 1.07. The van der Waals surface area contributed by atoms with Crippen molar-refractivity contribution in [1.29, 1.82) is 0 Å². The zero-order valence-electron chi connectivity index (χ0n) is 13.7. The van der Waals surface area contributed by atoms with Crippen LogP contribution in [0.3, 0.4) is 0 Å². The lowest BCUT2D eigenvalue weighted by atomic mass is 10.2. The number of amides is 1. The van der Waals surface area contributed by atoms with Gasteiger partial charge in [-0.25, -0.2) is 4.98 Å². The molecule has 1 amide bonds. The van der Waals surface area contributed by atoms with Crippen molar-refractivity contribution in [2.24, 2.45) is 11.8 Å². The first-order valence-corrected chi connectivity index (χ1v) is 9.10. The minimum atomic E-state index is 0.260. The maximum Gasteiger partial charge on any atom is 0.226 e. The highest BCUT2D eigenvalue weighted by Crippen LogP contribution is 2.35. The van der Waals surface area contributed by atoms with Gasteiger partial charge in [-0.2, -0.15) is 0 Å². The second-order valence-corrected chi connectivity index (χ2v) is 7.41. The molecule has 2 fully saturated rings. The molecule has 5 heteroatoms. The van der Waals surface area contributed by atoms with Crippen LogP contribution in [0.4, 0.5) is 0 Å². The topological polar surface area (TPSA) is 38.1 Å². The van der Waals surface area contributed by atoms with Gasteiger partial charge in [-0.15, -0.1) is 0 Å². The SMILES string of the molecule is O=C(C1CC1)N(Cc1nccn1Cc1ccccc1Cl)CC1CC1. The van der Waals surface area contributed by atoms with E-state index in [-0.39, 0.29) is 5.92 Å². The summed E-state index contributed by atoms with van der Waals surface area (Å²) in [6.45, 7) is 2.17. The highest BCUT2D eigenvalue weighted by molar-refractivity contribution is 6.31. The third-order valence-corrected chi connectivity index (χ3v) is 5.22. The van der Waals surface area contributed by atoms with E-state index in [1.54, 1.807) is 0 Å². The molecule has 0 radical (unpaired) electrons. The first-order chi connectivity index (χ1) is 11.7. The summed E-state index contributed by atoms with van der Waals surface area (Å²) < 4.78 is 2.10. The minimum Gasteiger partial charge on any atom is -0.335 e. The van der Waals surface area contributed by atoms with Crippen LogP contribution in [0.25, 0.3) is 0 Å². The smallest absolute Gasteiger partial charge is 0.226 e. The molecule has 0 unspecified atom stereocenters. The molecule has 0 saturated heterocycles. The van der Waals surface area contributed by atoms with E-state index in [4.69, 9.17) is 11.6 Å². The summed E-state index contributed by atoms with van der Waals surface area (Å²) in [5.74, 6) is 2.20. The number of carbonyl (C=O) groups is 1. The third-order valence-electron chi connectivity index (χ3n) is 4.85. The van der Waals surface area contributed by atoms with E-state index in [9.17, 15) is 4.79 Å². The molecule has 24 heavy (non-hydrogen) atoms. The average Bonchev–Trinajstić information content (AvgIpc) is 3.49. The number of hydrogen-bond donors (Lipinski definition) is 0. The molecule has 2 saturated carbocycles. The van der Waals surface area contributed by atoms with E-state index in [2.05, 4.69) is 9.55 Å². The molecular formula is C19H22ClN3O. The number of hydrogen-bond acceptors (Lipinski definition) is 2. The van der Waals surface area contributed by atoms with Gasteiger partial charge in [-0.1, -0.05) is 29.8 Å². The van der Waals surface area contributed by atoms with Gasteiger partial charge in [0.15, 0.2) is 0 Å². The second kappa shape index (κ2) is 6.60. The summed E-state index contributed by atoms with van der Waals surface area (Å²) >= 11 is 6.28. The molecule has 2 aliphatic carbocycles. The fraction of sp³-hybridized carbons (Fsp3) is 0.474. The van der Waals surface area contributed by atoms with Crippen molar-refractivity contribution < 1.29 is 4.79 Å². The van der Waals surface area contributed by atoms with E-state index in [0.717, 1.165) is 35.8 Å². The van der Waals surface area contributed by atoms with Crippen molar-refractivity contribution in [3.05, 3.63) is 53.1 Å². The molecule has 0 atom stereocenters. The monoisotopic (exact) mass is 343 g/mol. The lowest BCUT2D eigenvalue weighted by Gasteiger charge is -2.23. The summed E-state index contributed by atoms with van der Waals surface area (Å²) in [5, 5.41) is 0.765. The number of imidazole rings is 1. The van der Waals surface area contributed by atoms with Gasteiger partial charge in [-0.3, -0.25) is 4.79 Å². The number of carbonyl (C=O) groups excluding carboxylic acids is 1. The summed E-state index contributed by atoms with van der Waals surface area (Å²) in [6, 6.07) is 7.87. The number of aromatic nitrogens is 2. The Bertz CT molecular complexity index is 734. The molecule has 0 N–H and O–H groups in total. The van der Waals surface area contributed by atoms with Gasteiger partial charge in [-0.05, 0) is 43.2 Å². The van der Waals surface area contributed by atoms with Crippen LogP contribution in [-0.4, -0.2) is 26.9 Å². The van der Waals surface area contributed by atoms with Crippen molar-refractivity contribution in [2.45, 2.75) is 38.8 Å². The summed E-state index contributed by atoms with van der Waals surface area (Å²) in [7, 11) is 0.